The zero-order valence-corrected chi connectivity index (χ0v) is 13.8. The summed E-state index contributed by atoms with van der Waals surface area (Å²) in [5.41, 5.74) is 1.48. The van der Waals surface area contributed by atoms with Crippen LogP contribution in [0.5, 0.6) is 0 Å². The van der Waals surface area contributed by atoms with Crippen molar-refractivity contribution in [1.29, 1.82) is 0 Å². The van der Waals surface area contributed by atoms with Gasteiger partial charge in [0.15, 0.2) is 0 Å². The molecule has 0 saturated carbocycles. The van der Waals surface area contributed by atoms with Gasteiger partial charge in [-0.15, -0.1) is 0 Å². The lowest BCUT2D eigenvalue weighted by atomic mass is 10.1. The van der Waals surface area contributed by atoms with Crippen LogP contribution in [0.25, 0.3) is 0 Å². The van der Waals surface area contributed by atoms with Crippen LogP contribution in [0.1, 0.15) is 32.3 Å². The van der Waals surface area contributed by atoms with Gasteiger partial charge >= 0.3 is 0 Å². The fourth-order valence-corrected chi connectivity index (χ4v) is 2.89. The Morgan fingerprint density at radius 2 is 2.27 bits per heavy atom. The molecule has 0 spiro atoms. The first-order valence-corrected chi connectivity index (χ1v) is 8.01. The molecule has 1 aliphatic rings. The molecule has 1 N–H and O–H groups in total. The molecule has 0 unspecified atom stereocenters. The quantitative estimate of drug-likeness (QED) is 0.500. The Morgan fingerprint density at radius 3 is 2.95 bits per heavy atom. The predicted octanol–water partition coefficient (Wildman–Crippen LogP) is 4.22. The lowest BCUT2D eigenvalue weighted by Gasteiger charge is -2.26. The number of nitro benzene ring substituents is 1. The van der Waals surface area contributed by atoms with Crippen LogP contribution in [0.15, 0.2) is 24.3 Å². The van der Waals surface area contributed by atoms with E-state index in [1.54, 1.807) is 6.07 Å². The Bertz CT molecular complexity index is 575. The first kappa shape index (κ1) is 16.8. The van der Waals surface area contributed by atoms with E-state index in [0.29, 0.717) is 23.8 Å². The van der Waals surface area contributed by atoms with Crippen molar-refractivity contribution in [2.45, 2.75) is 39.3 Å². The topological polar surface area (TPSA) is 58.4 Å². The van der Waals surface area contributed by atoms with Gasteiger partial charge in [-0.25, -0.2) is 0 Å². The first-order chi connectivity index (χ1) is 10.5. The van der Waals surface area contributed by atoms with Crippen molar-refractivity contribution in [3.05, 3.63) is 45.0 Å². The lowest BCUT2D eigenvalue weighted by molar-refractivity contribution is -0.384. The average molecular weight is 324 g/mol. The summed E-state index contributed by atoms with van der Waals surface area (Å²) in [5.74, 6) is 0. The molecule has 0 amide bonds. The standard InChI is InChI=1S/C16H22ClN3O2/c1-3-4-5-6-9-19-11-13-14(17)7-8-15(20(21)22)16(13)18-10-12(19)2/h4-5,7-8,12,18H,3,6,9-11H2,1-2H3/b5-4+/t12-/m0/s1. The highest BCUT2D eigenvalue weighted by Gasteiger charge is 2.27. The summed E-state index contributed by atoms with van der Waals surface area (Å²) in [6.45, 7) is 6.46. The van der Waals surface area contributed by atoms with Gasteiger partial charge in [0.25, 0.3) is 5.69 Å². The van der Waals surface area contributed by atoms with E-state index in [9.17, 15) is 10.1 Å². The normalized spacial score (nSPS) is 18.8. The third kappa shape index (κ3) is 3.78. The zero-order chi connectivity index (χ0) is 16.1. The summed E-state index contributed by atoms with van der Waals surface area (Å²) < 4.78 is 0. The SMILES string of the molecule is CC/C=C/CCN1Cc2c(Cl)ccc([N+](=O)[O-])c2NC[C@@H]1C. The third-order valence-electron chi connectivity index (χ3n) is 3.97. The molecule has 22 heavy (non-hydrogen) atoms. The molecule has 0 aromatic heterocycles. The molecule has 0 bridgehead atoms. The second kappa shape index (κ2) is 7.61. The minimum absolute atomic E-state index is 0.0966. The van der Waals surface area contributed by atoms with Crippen molar-refractivity contribution in [3.8, 4) is 0 Å². The molecule has 1 aliphatic heterocycles. The summed E-state index contributed by atoms with van der Waals surface area (Å²) in [5, 5.41) is 15.0. The summed E-state index contributed by atoms with van der Waals surface area (Å²) in [6.07, 6.45) is 6.35. The van der Waals surface area contributed by atoms with Gasteiger partial charge in [-0.1, -0.05) is 30.7 Å². The van der Waals surface area contributed by atoms with E-state index >= 15 is 0 Å². The van der Waals surface area contributed by atoms with Crippen LogP contribution in [-0.4, -0.2) is 29.0 Å². The fraction of sp³-hybridized carbons (Fsp3) is 0.500. The molecule has 1 atom stereocenters. The Morgan fingerprint density at radius 1 is 1.50 bits per heavy atom. The molecule has 5 nitrogen and oxygen atoms in total. The maximum absolute atomic E-state index is 11.2. The number of hydrogen-bond acceptors (Lipinski definition) is 4. The Labute approximate surface area is 136 Å². The molecular formula is C16H22ClN3O2. The number of rotatable bonds is 5. The predicted molar refractivity (Wildman–Crippen MR) is 90.5 cm³/mol. The second-order valence-corrected chi connectivity index (χ2v) is 5.95. The van der Waals surface area contributed by atoms with Crippen LogP contribution in [-0.2, 0) is 6.54 Å². The van der Waals surface area contributed by atoms with Crippen molar-refractivity contribution in [2.75, 3.05) is 18.4 Å². The van der Waals surface area contributed by atoms with Crippen molar-refractivity contribution < 1.29 is 4.92 Å². The Balaban J connectivity index is 2.25. The van der Waals surface area contributed by atoms with Crippen LogP contribution in [0, 0.1) is 10.1 Å². The number of nitro groups is 1. The van der Waals surface area contributed by atoms with Gasteiger partial charge in [0.05, 0.1) is 4.92 Å². The van der Waals surface area contributed by atoms with Gasteiger partial charge in [0.1, 0.15) is 5.69 Å². The molecule has 0 saturated heterocycles. The third-order valence-corrected chi connectivity index (χ3v) is 4.33. The van der Waals surface area contributed by atoms with E-state index < -0.39 is 0 Å². The van der Waals surface area contributed by atoms with Crippen LogP contribution >= 0.6 is 11.6 Å². The van der Waals surface area contributed by atoms with Gasteiger partial charge < -0.3 is 5.32 Å². The highest BCUT2D eigenvalue weighted by atomic mass is 35.5. The van der Waals surface area contributed by atoms with E-state index in [1.165, 1.54) is 6.07 Å². The number of hydrogen-bond donors (Lipinski definition) is 1. The number of nitrogens with zero attached hydrogens (tertiary/aromatic N) is 2. The Kier molecular flexibility index (Phi) is 5.80. The molecule has 1 heterocycles. The minimum atomic E-state index is -0.355. The number of anilines is 1. The fourth-order valence-electron chi connectivity index (χ4n) is 2.68. The average Bonchev–Trinajstić information content (AvgIpc) is 2.65. The molecule has 1 aromatic rings. The van der Waals surface area contributed by atoms with E-state index in [4.69, 9.17) is 11.6 Å². The molecule has 120 valence electrons. The van der Waals surface area contributed by atoms with Crippen LogP contribution in [0.2, 0.25) is 5.02 Å². The first-order valence-electron chi connectivity index (χ1n) is 7.63. The largest absolute Gasteiger partial charge is 0.378 e. The van der Waals surface area contributed by atoms with Crippen LogP contribution in [0.3, 0.4) is 0 Å². The van der Waals surface area contributed by atoms with E-state index in [0.717, 1.165) is 24.9 Å². The summed E-state index contributed by atoms with van der Waals surface area (Å²) in [7, 11) is 0. The number of fused-ring (bicyclic) bond motifs is 1. The molecular weight excluding hydrogens is 302 g/mol. The number of nitrogens with one attached hydrogen (secondary N) is 1. The molecule has 6 heteroatoms. The molecule has 0 aliphatic carbocycles. The van der Waals surface area contributed by atoms with Crippen molar-refractivity contribution in [1.82, 2.24) is 4.90 Å². The number of benzene rings is 1. The minimum Gasteiger partial charge on any atom is -0.378 e. The maximum atomic E-state index is 11.2. The van der Waals surface area contributed by atoms with Crippen LogP contribution < -0.4 is 5.32 Å². The van der Waals surface area contributed by atoms with E-state index in [-0.39, 0.29) is 16.7 Å². The van der Waals surface area contributed by atoms with Gasteiger partial charge in [0, 0.05) is 42.3 Å². The van der Waals surface area contributed by atoms with E-state index in [2.05, 4.69) is 36.2 Å². The maximum Gasteiger partial charge on any atom is 0.292 e. The monoisotopic (exact) mass is 323 g/mol. The van der Waals surface area contributed by atoms with Crippen molar-refractivity contribution >= 4 is 23.0 Å². The molecule has 1 aromatic carbocycles. The van der Waals surface area contributed by atoms with Crippen molar-refractivity contribution in [2.24, 2.45) is 0 Å². The lowest BCUT2D eigenvalue weighted by Crippen LogP contribution is -2.35. The van der Waals surface area contributed by atoms with Gasteiger partial charge in [0.2, 0.25) is 0 Å². The van der Waals surface area contributed by atoms with Gasteiger partial charge in [-0.3, -0.25) is 15.0 Å². The molecule has 2 rings (SSSR count). The number of allylic oxidation sites excluding steroid dienone is 1. The van der Waals surface area contributed by atoms with Gasteiger partial charge in [-0.2, -0.15) is 0 Å². The molecule has 0 fully saturated rings. The van der Waals surface area contributed by atoms with Crippen LogP contribution in [0.4, 0.5) is 11.4 Å². The molecule has 0 radical (unpaired) electrons. The van der Waals surface area contributed by atoms with Gasteiger partial charge in [-0.05, 0) is 25.8 Å². The highest BCUT2D eigenvalue weighted by Crippen LogP contribution is 2.36. The highest BCUT2D eigenvalue weighted by molar-refractivity contribution is 6.32. The van der Waals surface area contributed by atoms with E-state index in [1.807, 2.05) is 0 Å². The summed E-state index contributed by atoms with van der Waals surface area (Å²) in [4.78, 5) is 13.2. The zero-order valence-electron chi connectivity index (χ0n) is 13.0. The summed E-state index contributed by atoms with van der Waals surface area (Å²) in [6, 6.07) is 3.38. The second-order valence-electron chi connectivity index (χ2n) is 5.55. The smallest absolute Gasteiger partial charge is 0.292 e. The van der Waals surface area contributed by atoms with Crippen molar-refractivity contribution in [3.63, 3.8) is 0 Å². The Hall–Kier alpha value is -1.59. The summed E-state index contributed by atoms with van der Waals surface area (Å²) >= 11 is 6.28. The number of halogens is 1.